The van der Waals surface area contributed by atoms with E-state index in [4.69, 9.17) is 4.74 Å². The first kappa shape index (κ1) is 21.0. The zero-order valence-electron chi connectivity index (χ0n) is 17.7. The lowest BCUT2D eigenvalue weighted by Gasteiger charge is -2.04. The molecule has 0 fully saturated rings. The molecule has 4 rings (SSSR count). The highest BCUT2D eigenvalue weighted by Gasteiger charge is 2.20. The van der Waals surface area contributed by atoms with Crippen molar-refractivity contribution in [3.8, 4) is 5.69 Å². The van der Waals surface area contributed by atoms with Crippen LogP contribution < -0.4 is 5.56 Å². The van der Waals surface area contributed by atoms with Gasteiger partial charge in [0.15, 0.2) is 0 Å². The minimum atomic E-state index is -0.446. The fourth-order valence-electron chi connectivity index (χ4n) is 3.39. The molecule has 9 heteroatoms. The molecule has 0 saturated heterocycles. The van der Waals surface area contributed by atoms with Gasteiger partial charge in [-0.15, -0.1) is 0 Å². The van der Waals surface area contributed by atoms with Gasteiger partial charge < -0.3 is 4.74 Å². The molecular formula is C23H22N6O3. The molecule has 32 heavy (non-hydrogen) atoms. The largest absolute Gasteiger partial charge is 0.469 e. The van der Waals surface area contributed by atoms with Gasteiger partial charge in [-0.3, -0.25) is 19.7 Å². The van der Waals surface area contributed by atoms with Gasteiger partial charge >= 0.3 is 5.97 Å². The van der Waals surface area contributed by atoms with Gasteiger partial charge in [-0.1, -0.05) is 30.3 Å². The summed E-state index contributed by atoms with van der Waals surface area (Å²) in [5.74, 6) is -0.446. The van der Waals surface area contributed by atoms with E-state index in [9.17, 15) is 9.59 Å². The third-order valence-corrected chi connectivity index (χ3v) is 4.93. The number of carbonyl (C=O) groups is 1. The van der Waals surface area contributed by atoms with Crippen LogP contribution in [-0.4, -0.2) is 43.3 Å². The number of ether oxygens (including phenoxy) is 1. The molecule has 0 aliphatic carbocycles. The minimum absolute atomic E-state index is 0.0649. The summed E-state index contributed by atoms with van der Waals surface area (Å²) in [4.78, 5) is 33.7. The summed E-state index contributed by atoms with van der Waals surface area (Å²) in [5, 5.41) is 7.14. The van der Waals surface area contributed by atoms with Crippen molar-refractivity contribution in [2.24, 2.45) is 4.99 Å². The summed E-state index contributed by atoms with van der Waals surface area (Å²) in [6, 6.07) is 16.8. The molecule has 1 N–H and O–H groups in total. The van der Waals surface area contributed by atoms with Crippen molar-refractivity contribution < 1.29 is 9.53 Å². The molecule has 4 aromatic rings. The minimum Gasteiger partial charge on any atom is -0.469 e. The third-order valence-electron chi connectivity index (χ3n) is 4.93. The molecule has 0 amide bonds. The highest BCUT2D eigenvalue weighted by Crippen LogP contribution is 2.17. The number of hydrogen-bond donors (Lipinski definition) is 1. The summed E-state index contributed by atoms with van der Waals surface area (Å²) >= 11 is 0. The maximum Gasteiger partial charge on any atom is 0.311 e. The molecule has 162 valence electrons. The van der Waals surface area contributed by atoms with E-state index in [1.807, 2.05) is 54.6 Å². The number of benzene rings is 2. The van der Waals surface area contributed by atoms with Crippen LogP contribution >= 0.6 is 0 Å². The van der Waals surface area contributed by atoms with Gasteiger partial charge in [0.05, 0.1) is 48.4 Å². The van der Waals surface area contributed by atoms with Crippen molar-refractivity contribution >= 4 is 17.4 Å². The lowest BCUT2D eigenvalue weighted by atomic mass is 10.1. The number of hydrogen-bond acceptors (Lipinski definition) is 6. The fraction of sp³-hybridized carbons (Fsp3) is 0.174. The Labute approximate surface area is 184 Å². The molecule has 0 saturated carbocycles. The van der Waals surface area contributed by atoms with Gasteiger partial charge in [0.2, 0.25) is 0 Å². The number of aromatic amines is 1. The Balaban J connectivity index is 1.67. The zero-order valence-corrected chi connectivity index (χ0v) is 17.7. The molecule has 2 aromatic heterocycles. The lowest BCUT2D eigenvalue weighted by Crippen LogP contribution is -2.20. The molecule has 0 bridgehead atoms. The van der Waals surface area contributed by atoms with Gasteiger partial charge in [0.25, 0.3) is 5.56 Å². The van der Waals surface area contributed by atoms with Crippen LogP contribution in [0.1, 0.15) is 23.7 Å². The summed E-state index contributed by atoms with van der Waals surface area (Å²) in [5.41, 5.74) is 3.44. The Kier molecular flexibility index (Phi) is 6.07. The van der Waals surface area contributed by atoms with E-state index in [0.717, 1.165) is 5.56 Å². The van der Waals surface area contributed by atoms with Crippen LogP contribution in [0.5, 0.6) is 0 Å². The average Bonchev–Trinajstić information content (AvgIpc) is 3.43. The second-order valence-corrected chi connectivity index (χ2v) is 7.15. The average molecular weight is 430 g/mol. The number of para-hydroxylation sites is 1. The van der Waals surface area contributed by atoms with Crippen LogP contribution in [0.15, 0.2) is 77.0 Å². The van der Waals surface area contributed by atoms with Crippen LogP contribution in [0.25, 0.3) is 5.69 Å². The third kappa shape index (κ3) is 4.56. The van der Waals surface area contributed by atoms with Gasteiger partial charge in [0.1, 0.15) is 12.7 Å². The number of aromatic nitrogens is 5. The first-order chi connectivity index (χ1) is 15.5. The Morgan fingerprint density at radius 1 is 1.12 bits per heavy atom. The summed E-state index contributed by atoms with van der Waals surface area (Å²) < 4.78 is 7.94. The molecule has 0 aliphatic heterocycles. The monoisotopic (exact) mass is 430 g/mol. The molecule has 0 spiro atoms. The number of methoxy groups -OCH3 is 1. The number of aliphatic imine (C=N–C) groups is 1. The Morgan fingerprint density at radius 3 is 2.53 bits per heavy atom. The van der Waals surface area contributed by atoms with Crippen molar-refractivity contribution in [3.05, 3.63) is 94.4 Å². The Morgan fingerprint density at radius 2 is 1.88 bits per heavy atom. The van der Waals surface area contributed by atoms with Crippen LogP contribution in [0.3, 0.4) is 0 Å². The van der Waals surface area contributed by atoms with E-state index in [1.165, 1.54) is 18.1 Å². The Bertz CT molecular complexity index is 1290. The number of carbonyl (C=O) groups excluding carboxylic acids is 1. The number of H-pyrrole nitrogens is 1. The van der Waals surface area contributed by atoms with E-state index >= 15 is 0 Å². The van der Waals surface area contributed by atoms with Crippen molar-refractivity contribution in [3.63, 3.8) is 0 Å². The van der Waals surface area contributed by atoms with Gasteiger partial charge in [-0.25, -0.2) is 14.3 Å². The van der Waals surface area contributed by atoms with Crippen molar-refractivity contribution in [1.29, 1.82) is 0 Å². The zero-order chi connectivity index (χ0) is 22.5. The molecule has 0 radical (unpaired) electrons. The topological polar surface area (TPSA) is 107 Å². The predicted molar refractivity (Wildman–Crippen MR) is 120 cm³/mol. The highest BCUT2D eigenvalue weighted by molar-refractivity contribution is 6.01. The van der Waals surface area contributed by atoms with Crippen molar-refractivity contribution in [1.82, 2.24) is 24.5 Å². The van der Waals surface area contributed by atoms with Crippen LogP contribution in [-0.2, 0) is 22.5 Å². The molecule has 2 aromatic carbocycles. The smallest absolute Gasteiger partial charge is 0.311 e. The second kappa shape index (κ2) is 9.25. The fourth-order valence-corrected chi connectivity index (χ4v) is 3.39. The standard InChI is InChI=1S/C23H22N6O3/c1-16(26-18-10-8-17(9-11-18)13-28-15-24-14-25-28)22-20(12-21(30)32-2)27-29(23(22)31)19-6-4-3-5-7-19/h3-11,14-15,27H,12-13H2,1-2H3. The first-order valence-corrected chi connectivity index (χ1v) is 9.98. The summed E-state index contributed by atoms with van der Waals surface area (Å²) in [6.45, 7) is 2.36. The van der Waals surface area contributed by atoms with E-state index in [1.54, 1.807) is 17.9 Å². The van der Waals surface area contributed by atoms with E-state index < -0.39 is 5.97 Å². The number of rotatable bonds is 7. The van der Waals surface area contributed by atoms with Crippen LogP contribution in [0, 0.1) is 0 Å². The quantitative estimate of drug-likeness (QED) is 0.358. The molecule has 0 aliphatic rings. The highest BCUT2D eigenvalue weighted by atomic mass is 16.5. The molecule has 9 nitrogen and oxygen atoms in total. The molecule has 2 heterocycles. The summed E-state index contributed by atoms with van der Waals surface area (Å²) in [6.07, 6.45) is 3.08. The van der Waals surface area contributed by atoms with E-state index in [-0.39, 0.29) is 12.0 Å². The van der Waals surface area contributed by atoms with Crippen LogP contribution in [0.4, 0.5) is 5.69 Å². The maximum absolute atomic E-state index is 13.2. The number of esters is 1. The maximum atomic E-state index is 13.2. The normalized spacial score (nSPS) is 11.5. The van der Waals surface area contributed by atoms with Crippen molar-refractivity contribution in [2.75, 3.05) is 7.11 Å². The van der Waals surface area contributed by atoms with Gasteiger partial charge in [0, 0.05) is 0 Å². The SMILES string of the molecule is COC(=O)Cc1[nH]n(-c2ccccc2)c(=O)c1C(C)=Nc1ccc(Cn2cncn2)cc1. The van der Waals surface area contributed by atoms with E-state index in [0.29, 0.717) is 34.9 Å². The van der Waals surface area contributed by atoms with Crippen molar-refractivity contribution in [2.45, 2.75) is 19.9 Å². The predicted octanol–water partition coefficient (Wildman–Crippen LogP) is 2.66. The molecule has 0 unspecified atom stereocenters. The molecule has 0 atom stereocenters. The van der Waals surface area contributed by atoms with Gasteiger partial charge in [-0.2, -0.15) is 5.10 Å². The Hall–Kier alpha value is -4.27. The van der Waals surface area contributed by atoms with Gasteiger partial charge in [-0.05, 0) is 36.8 Å². The first-order valence-electron chi connectivity index (χ1n) is 9.98. The lowest BCUT2D eigenvalue weighted by molar-refractivity contribution is -0.139. The number of nitrogens with zero attached hydrogens (tertiary/aromatic N) is 5. The second-order valence-electron chi connectivity index (χ2n) is 7.15. The molecular weight excluding hydrogens is 408 g/mol. The number of nitrogens with one attached hydrogen (secondary N) is 1. The summed E-state index contributed by atoms with van der Waals surface area (Å²) in [7, 11) is 1.32. The van der Waals surface area contributed by atoms with E-state index in [2.05, 4.69) is 20.2 Å². The van der Waals surface area contributed by atoms with Crippen LogP contribution in [0.2, 0.25) is 0 Å².